The minimum Gasteiger partial charge on any atom is -0.329 e. The number of amides is 3. The molecule has 3 amide bonds. The van der Waals surface area contributed by atoms with Crippen molar-refractivity contribution in [1.82, 2.24) is 10.2 Å². The van der Waals surface area contributed by atoms with Crippen LogP contribution < -0.4 is 11.1 Å². The molecule has 6 heteroatoms. The van der Waals surface area contributed by atoms with Gasteiger partial charge in [-0.2, -0.15) is 0 Å². The summed E-state index contributed by atoms with van der Waals surface area (Å²) in [4.78, 5) is 36.1. The molecule has 100 valence electrons. The van der Waals surface area contributed by atoms with Gasteiger partial charge >= 0.3 is 0 Å². The molecule has 1 aromatic rings. The lowest BCUT2D eigenvalue weighted by Crippen LogP contribution is -2.54. The van der Waals surface area contributed by atoms with Gasteiger partial charge in [0.25, 0.3) is 0 Å². The first-order valence-electron chi connectivity index (χ1n) is 5.98. The average molecular weight is 261 g/mol. The van der Waals surface area contributed by atoms with Crippen molar-refractivity contribution in [3.63, 3.8) is 0 Å². The van der Waals surface area contributed by atoms with Gasteiger partial charge < -0.3 is 10.6 Å². The Labute approximate surface area is 110 Å². The molecule has 1 atom stereocenters. The van der Waals surface area contributed by atoms with Crippen LogP contribution in [0.3, 0.4) is 0 Å². The molecule has 0 spiro atoms. The van der Waals surface area contributed by atoms with E-state index in [0.29, 0.717) is 0 Å². The second-order valence-electron chi connectivity index (χ2n) is 4.36. The fourth-order valence-electron chi connectivity index (χ4n) is 2.08. The van der Waals surface area contributed by atoms with E-state index in [1.807, 2.05) is 18.2 Å². The zero-order chi connectivity index (χ0) is 13.8. The van der Waals surface area contributed by atoms with Crippen LogP contribution in [0.4, 0.5) is 0 Å². The Kier molecular flexibility index (Phi) is 3.91. The standard InChI is InChI=1S/C13H15N3O3/c14-6-10(9-4-2-1-3-5-9)13(19)16-7-11(17)15-12(18)8-16/h1-5,10H,6-8,14H2,(H,15,17,18). The lowest BCUT2D eigenvalue weighted by atomic mass is 9.97. The Morgan fingerprint density at radius 1 is 1.21 bits per heavy atom. The Bertz CT molecular complexity index is 485. The zero-order valence-electron chi connectivity index (χ0n) is 10.3. The van der Waals surface area contributed by atoms with E-state index in [9.17, 15) is 14.4 Å². The van der Waals surface area contributed by atoms with E-state index in [2.05, 4.69) is 5.32 Å². The first-order chi connectivity index (χ1) is 9.11. The molecule has 1 saturated heterocycles. The van der Waals surface area contributed by atoms with Crippen molar-refractivity contribution in [3.8, 4) is 0 Å². The van der Waals surface area contributed by atoms with Crippen LogP contribution in [0.1, 0.15) is 11.5 Å². The van der Waals surface area contributed by atoms with Crippen LogP contribution >= 0.6 is 0 Å². The maximum Gasteiger partial charge on any atom is 0.246 e. The molecule has 2 rings (SSSR count). The number of carbonyl (C=O) groups is 3. The van der Waals surface area contributed by atoms with Crippen LogP contribution in [0, 0.1) is 0 Å². The highest BCUT2D eigenvalue weighted by atomic mass is 16.2. The summed E-state index contributed by atoms with van der Waals surface area (Å²) in [5, 5.41) is 2.16. The van der Waals surface area contributed by atoms with Crippen LogP contribution in [0.5, 0.6) is 0 Å². The van der Waals surface area contributed by atoms with E-state index in [0.717, 1.165) is 5.56 Å². The number of nitrogens with two attached hydrogens (primary N) is 1. The molecule has 1 unspecified atom stereocenters. The van der Waals surface area contributed by atoms with Crippen LogP contribution in [0.2, 0.25) is 0 Å². The first-order valence-corrected chi connectivity index (χ1v) is 5.98. The first kappa shape index (κ1) is 13.2. The van der Waals surface area contributed by atoms with Gasteiger partial charge in [-0.15, -0.1) is 0 Å². The highest BCUT2D eigenvalue weighted by Gasteiger charge is 2.31. The van der Waals surface area contributed by atoms with E-state index in [-0.39, 0.29) is 25.5 Å². The summed E-state index contributed by atoms with van der Waals surface area (Å²) in [5.74, 6) is -1.75. The summed E-state index contributed by atoms with van der Waals surface area (Å²) in [5.41, 5.74) is 6.43. The number of hydrogen-bond donors (Lipinski definition) is 2. The number of nitrogens with one attached hydrogen (secondary N) is 1. The third-order valence-corrected chi connectivity index (χ3v) is 3.00. The van der Waals surface area contributed by atoms with Gasteiger partial charge in [-0.05, 0) is 5.56 Å². The van der Waals surface area contributed by atoms with Crippen molar-refractivity contribution in [2.75, 3.05) is 19.6 Å². The van der Waals surface area contributed by atoms with Gasteiger partial charge in [0.1, 0.15) is 13.1 Å². The van der Waals surface area contributed by atoms with Crippen molar-refractivity contribution in [1.29, 1.82) is 0 Å². The van der Waals surface area contributed by atoms with Gasteiger partial charge in [0.15, 0.2) is 0 Å². The number of benzene rings is 1. The normalized spacial score (nSPS) is 17.0. The predicted molar refractivity (Wildman–Crippen MR) is 68.0 cm³/mol. The van der Waals surface area contributed by atoms with E-state index in [1.54, 1.807) is 12.1 Å². The number of carbonyl (C=O) groups excluding carboxylic acids is 3. The topological polar surface area (TPSA) is 92.5 Å². The SMILES string of the molecule is NCC(C(=O)N1CC(=O)NC(=O)C1)c1ccccc1. The Hall–Kier alpha value is -2.21. The third kappa shape index (κ3) is 2.97. The summed E-state index contributed by atoms with van der Waals surface area (Å²) in [6.07, 6.45) is 0. The molecular weight excluding hydrogens is 246 g/mol. The highest BCUT2D eigenvalue weighted by molar-refractivity contribution is 6.03. The number of hydrogen-bond acceptors (Lipinski definition) is 4. The van der Waals surface area contributed by atoms with Gasteiger partial charge in [-0.1, -0.05) is 30.3 Å². The molecule has 1 heterocycles. The lowest BCUT2D eigenvalue weighted by molar-refractivity contribution is -0.146. The molecular formula is C13H15N3O3. The molecule has 1 aliphatic heterocycles. The maximum atomic E-state index is 12.3. The molecule has 6 nitrogen and oxygen atoms in total. The highest BCUT2D eigenvalue weighted by Crippen LogP contribution is 2.17. The van der Waals surface area contributed by atoms with Gasteiger partial charge in [0, 0.05) is 6.54 Å². The van der Waals surface area contributed by atoms with Crippen LogP contribution in [0.15, 0.2) is 30.3 Å². The Balaban J connectivity index is 2.17. The predicted octanol–water partition coefficient (Wildman–Crippen LogP) is -0.786. The quantitative estimate of drug-likeness (QED) is 0.698. The monoisotopic (exact) mass is 261 g/mol. The molecule has 1 aliphatic rings. The Morgan fingerprint density at radius 3 is 2.32 bits per heavy atom. The van der Waals surface area contributed by atoms with Crippen molar-refractivity contribution >= 4 is 17.7 Å². The molecule has 0 aliphatic carbocycles. The number of rotatable bonds is 3. The molecule has 0 bridgehead atoms. The number of nitrogens with zero attached hydrogens (tertiary/aromatic N) is 1. The Morgan fingerprint density at radius 2 is 1.79 bits per heavy atom. The van der Waals surface area contributed by atoms with Crippen LogP contribution in [-0.2, 0) is 14.4 Å². The van der Waals surface area contributed by atoms with Gasteiger partial charge in [0.05, 0.1) is 5.92 Å². The molecule has 0 saturated carbocycles. The summed E-state index contributed by atoms with van der Waals surface area (Å²) >= 11 is 0. The van der Waals surface area contributed by atoms with Gasteiger partial charge in [-0.25, -0.2) is 0 Å². The fraction of sp³-hybridized carbons (Fsp3) is 0.308. The number of piperazine rings is 1. The smallest absolute Gasteiger partial charge is 0.246 e. The minimum absolute atomic E-state index is 0.103. The van der Waals surface area contributed by atoms with E-state index in [4.69, 9.17) is 5.73 Å². The van der Waals surface area contributed by atoms with Gasteiger partial charge in [0.2, 0.25) is 17.7 Å². The summed E-state index contributed by atoms with van der Waals surface area (Å²) in [6.45, 7) is -0.0725. The maximum absolute atomic E-state index is 12.3. The fourth-order valence-corrected chi connectivity index (χ4v) is 2.08. The van der Waals surface area contributed by atoms with E-state index < -0.39 is 17.7 Å². The molecule has 1 aromatic carbocycles. The summed E-state index contributed by atoms with van der Waals surface area (Å²) in [6, 6.07) is 9.10. The van der Waals surface area contributed by atoms with Crippen LogP contribution in [0.25, 0.3) is 0 Å². The van der Waals surface area contributed by atoms with Crippen LogP contribution in [-0.4, -0.2) is 42.3 Å². The average Bonchev–Trinajstić information content (AvgIpc) is 2.39. The summed E-state index contributed by atoms with van der Waals surface area (Å²) in [7, 11) is 0. The van der Waals surface area contributed by atoms with Crippen molar-refractivity contribution in [2.24, 2.45) is 5.73 Å². The second-order valence-corrected chi connectivity index (χ2v) is 4.36. The van der Waals surface area contributed by atoms with E-state index in [1.165, 1.54) is 4.90 Å². The second kappa shape index (κ2) is 5.62. The lowest BCUT2D eigenvalue weighted by Gasteiger charge is -2.28. The molecule has 19 heavy (non-hydrogen) atoms. The number of imide groups is 1. The van der Waals surface area contributed by atoms with E-state index >= 15 is 0 Å². The van der Waals surface area contributed by atoms with Gasteiger partial charge in [-0.3, -0.25) is 19.7 Å². The summed E-state index contributed by atoms with van der Waals surface area (Å²) < 4.78 is 0. The molecule has 3 N–H and O–H groups in total. The third-order valence-electron chi connectivity index (χ3n) is 3.00. The van der Waals surface area contributed by atoms with Crippen molar-refractivity contribution in [2.45, 2.75) is 5.92 Å². The van der Waals surface area contributed by atoms with Crippen molar-refractivity contribution in [3.05, 3.63) is 35.9 Å². The molecule has 0 aromatic heterocycles. The van der Waals surface area contributed by atoms with Crippen molar-refractivity contribution < 1.29 is 14.4 Å². The molecule has 0 radical (unpaired) electrons. The minimum atomic E-state index is -0.528. The molecule has 1 fully saturated rings. The largest absolute Gasteiger partial charge is 0.329 e. The zero-order valence-corrected chi connectivity index (χ0v) is 10.3.